The maximum atomic E-state index is 5.88. The lowest BCUT2D eigenvalue weighted by atomic mass is 9.99. The highest BCUT2D eigenvalue weighted by Gasteiger charge is 2.23. The van der Waals surface area contributed by atoms with Gasteiger partial charge in [-0.05, 0) is 5.92 Å². The number of hydrogen-bond acceptors (Lipinski definition) is 1. The first-order valence-electron chi connectivity index (χ1n) is 3.73. The molecule has 1 aliphatic rings. The van der Waals surface area contributed by atoms with Gasteiger partial charge in [0, 0.05) is 12.8 Å². The molecular weight excluding hydrogens is 112 g/mol. The molecule has 0 aromatic heterocycles. The molecule has 54 valence electrons. The Morgan fingerprint density at radius 2 is 1.78 bits per heavy atom. The monoisotopic (exact) mass is 129 g/mol. The number of rotatable bonds is 0. The molecule has 0 spiro atoms. The van der Waals surface area contributed by atoms with Crippen LogP contribution in [0.4, 0.5) is 0 Å². The van der Waals surface area contributed by atoms with Crippen molar-refractivity contribution in [3.05, 3.63) is 0 Å². The van der Waals surface area contributed by atoms with Crippen LogP contribution in [0.5, 0.6) is 0 Å². The zero-order chi connectivity index (χ0) is 6.91. The molecule has 0 saturated carbocycles. The van der Waals surface area contributed by atoms with Gasteiger partial charge in [-0.3, -0.25) is 4.59 Å². The van der Waals surface area contributed by atoms with Gasteiger partial charge >= 0.3 is 0 Å². The molecule has 0 amide bonds. The fourth-order valence-electron chi connectivity index (χ4n) is 1.29. The molecule has 0 atom stereocenters. The van der Waals surface area contributed by atoms with Crippen LogP contribution >= 0.6 is 0 Å². The minimum absolute atomic E-state index is 0.740. The molecular formula is C7H17N2+. The van der Waals surface area contributed by atoms with Crippen LogP contribution in [0.3, 0.4) is 0 Å². The van der Waals surface area contributed by atoms with Crippen LogP contribution in [-0.4, -0.2) is 24.7 Å². The van der Waals surface area contributed by atoms with Gasteiger partial charge in [0.15, 0.2) is 0 Å². The van der Waals surface area contributed by atoms with E-state index < -0.39 is 0 Å². The second kappa shape index (κ2) is 2.27. The number of hydrogen-bond donors (Lipinski definition) is 1. The van der Waals surface area contributed by atoms with E-state index in [0.29, 0.717) is 0 Å². The van der Waals surface area contributed by atoms with Crippen LogP contribution in [0.2, 0.25) is 0 Å². The molecule has 0 aliphatic carbocycles. The number of piperidine rings is 1. The highest BCUT2D eigenvalue weighted by Crippen LogP contribution is 2.16. The molecule has 0 bridgehead atoms. The van der Waals surface area contributed by atoms with E-state index >= 15 is 0 Å². The first kappa shape index (κ1) is 7.03. The van der Waals surface area contributed by atoms with Gasteiger partial charge < -0.3 is 0 Å². The third kappa shape index (κ3) is 1.95. The van der Waals surface area contributed by atoms with E-state index in [1.54, 1.807) is 0 Å². The Balaban J connectivity index is 2.35. The topological polar surface area (TPSA) is 26.0 Å². The van der Waals surface area contributed by atoms with Crippen LogP contribution in [0, 0.1) is 5.92 Å². The quantitative estimate of drug-likeness (QED) is 0.379. The molecule has 1 aliphatic heterocycles. The lowest BCUT2D eigenvalue weighted by Crippen LogP contribution is -2.54. The fraction of sp³-hybridized carbons (Fsp3) is 1.00. The molecule has 9 heavy (non-hydrogen) atoms. The highest BCUT2D eigenvalue weighted by atomic mass is 15.6. The summed E-state index contributed by atoms with van der Waals surface area (Å²) in [5.41, 5.74) is 0. The molecule has 1 fully saturated rings. The van der Waals surface area contributed by atoms with Crippen LogP contribution in [0.25, 0.3) is 0 Å². The normalized spacial score (nSPS) is 45.0. The average Bonchev–Trinajstić information content (AvgIpc) is 1.78. The lowest BCUT2D eigenvalue weighted by molar-refractivity contribution is -0.926. The predicted octanol–water partition coefficient (Wildman–Crippen LogP) is 0.737. The smallest absolute Gasteiger partial charge is 0.0960 e. The highest BCUT2D eigenvalue weighted by molar-refractivity contribution is 4.56. The van der Waals surface area contributed by atoms with Crippen molar-refractivity contribution in [2.24, 2.45) is 11.8 Å². The summed E-state index contributed by atoms with van der Waals surface area (Å²) in [5.74, 6) is 6.78. The van der Waals surface area contributed by atoms with E-state index in [2.05, 4.69) is 14.0 Å². The third-order valence-corrected chi connectivity index (χ3v) is 2.27. The fourth-order valence-corrected chi connectivity index (χ4v) is 1.29. The van der Waals surface area contributed by atoms with Crippen molar-refractivity contribution in [3.63, 3.8) is 0 Å². The number of nitrogens with zero attached hydrogens (tertiary/aromatic N) is 1. The Bertz CT molecular complexity index is 89.1. The van der Waals surface area contributed by atoms with E-state index in [1.807, 2.05) is 0 Å². The molecule has 1 saturated heterocycles. The average molecular weight is 129 g/mol. The number of nitrogens with two attached hydrogens (primary N) is 1. The molecule has 0 aromatic rings. The van der Waals surface area contributed by atoms with Crippen molar-refractivity contribution >= 4 is 0 Å². The summed E-state index contributed by atoms with van der Waals surface area (Å²) < 4.78 is 0.740. The first-order valence-corrected chi connectivity index (χ1v) is 3.73. The summed E-state index contributed by atoms with van der Waals surface area (Å²) in [7, 11) is 2.10. The summed E-state index contributed by atoms with van der Waals surface area (Å²) >= 11 is 0. The van der Waals surface area contributed by atoms with E-state index in [9.17, 15) is 0 Å². The van der Waals surface area contributed by atoms with Crippen molar-refractivity contribution < 1.29 is 4.59 Å². The third-order valence-electron chi connectivity index (χ3n) is 2.27. The van der Waals surface area contributed by atoms with Crippen molar-refractivity contribution in [2.45, 2.75) is 19.8 Å². The SMILES string of the molecule is CC1CC[N+](C)(N)CC1. The molecule has 1 heterocycles. The van der Waals surface area contributed by atoms with E-state index in [1.165, 1.54) is 12.8 Å². The standard InChI is InChI=1S/C7H17N2/c1-7-3-5-9(2,8)6-4-7/h7H,3-6,8H2,1-2H3/q+1. The van der Waals surface area contributed by atoms with Crippen LogP contribution < -0.4 is 5.84 Å². The maximum Gasteiger partial charge on any atom is 0.0960 e. The van der Waals surface area contributed by atoms with Gasteiger partial charge in [-0.25, -0.2) is 0 Å². The summed E-state index contributed by atoms with van der Waals surface area (Å²) in [5, 5.41) is 0. The Labute approximate surface area is 57.2 Å². The molecule has 2 N–H and O–H groups in total. The van der Waals surface area contributed by atoms with Crippen LogP contribution in [-0.2, 0) is 0 Å². The minimum Gasteiger partial charge on any atom is -0.251 e. The molecule has 0 aromatic carbocycles. The first-order chi connectivity index (χ1) is 4.10. The Morgan fingerprint density at radius 3 is 2.11 bits per heavy atom. The van der Waals surface area contributed by atoms with E-state index in [4.69, 9.17) is 5.84 Å². The number of quaternary nitrogens is 1. The van der Waals surface area contributed by atoms with Crippen molar-refractivity contribution in [1.29, 1.82) is 0 Å². The Hall–Kier alpha value is -0.0800. The van der Waals surface area contributed by atoms with Gasteiger partial charge in [0.2, 0.25) is 0 Å². The summed E-state index contributed by atoms with van der Waals surface area (Å²) in [6.07, 6.45) is 2.60. The van der Waals surface area contributed by atoms with Gasteiger partial charge in [0.25, 0.3) is 0 Å². The number of likely N-dealkylation sites (tertiary alicyclic amines) is 1. The van der Waals surface area contributed by atoms with Crippen LogP contribution in [0.15, 0.2) is 0 Å². The van der Waals surface area contributed by atoms with Gasteiger partial charge in [0.1, 0.15) is 0 Å². The van der Waals surface area contributed by atoms with Gasteiger partial charge in [-0.1, -0.05) is 6.92 Å². The zero-order valence-corrected chi connectivity index (χ0v) is 6.43. The van der Waals surface area contributed by atoms with Crippen molar-refractivity contribution in [2.75, 3.05) is 20.1 Å². The minimum atomic E-state index is 0.740. The lowest BCUT2D eigenvalue weighted by Gasteiger charge is -2.34. The molecule has 1 rings (SSSR count). The molecule has 0 radical (unpaired) electrons. The van der Waals surface area contributed by atoms with Crippen LogP contribution in [0.1, 0.15) is 19.8 Å². The van der Waals surface area contributed by atoms with E-state index in [0.717, 1.165) is 23.6 Å². The van der Waals surface area contributed by atoms with E-state index in [-0.39, 0.29) is 0 Å². The summed E-state index contributed by atoms with van der Waals surface area (Å²) in [6, 6.07) is 0. The maximum absolute atomic E-state index is 5.88. The summed E-state index contributed by atoms with van der Waals surface area (Å²) in [6.45, 7) is 4.61. The zero-order valence-electron chi connectivity index (χ0n) is 6.43. The second-order valence-corrected chi connectivity index (χ2v) is 3.61. The Morgan fingerprint density at radius 1 is 1.33 bits per heavy atom. The largest absolute Gasteiger partial charge is 0.251 e. The van der Waals surface area contributed by atoms with Crippen molar-refractivity contribution in [1.82, 2.24) is 0 Å². The van der Waals surface area contributed by atoms with Gasteiger partial charge in [0.05, 0.1) is 20.1 Å². The predicted molar refractivity (Wildman–Crippen MR) is 38.5 cm³/mol. The van der Waals surface area contributed by atoms with Crippen molar-refractivity contribution in [3.8, 4) is 0 Å². The van der Waals surface area contributed by atoms with Gasteiger partial charge in [-0.15, -0.1) is 0 Å². The molecule has 0 unspecified atom stereocenters. The summed E-state index contributed by atoms with van der Waals surface area (Å²) in [4.78, 5) is 0. The molecule has 2 heteroatoms. The Kier molecular flexibility index (Phi) is 1.78. The molecule has 2 nitrogen and oxygen atoms in total. The van der Waals surface area contributed by atoms with Gasteiger partial charge in [-0.2, -0.15) is 5.84 Å². The second-order valence-electron chi connectivity index (χ2n) is 3.61.